The van der Waals surface area contributed by atoms with Gasteiger partial charge in [0.2, 0.25) is 0 Å². The zero-order chi connectivity index (χ0) is 6.15. The number of aryl methyl sites for hydroxylation is 1. The van der Waals surface area contributed by atoms with Crippen LogP contribution in [0.4, 0.5) is 0 Å². The molecule has 1 rings (SSSR count). The fourth-order valence-corrected chi connectivity index (χ4v) is 1.31. The molecule has 0 aliphatic rings. The molecule has 0 spiro atoms. The topological polar surface area (TPSA) is 15.8 Å². The maximum absolute atomic E-state index is 5.64. The summed E-state index contributed by atoms with van der Waals surface area (Å²) in [6.45, 7) is 1.95. The lowest BCUT2D eigenvalue weighted by molar-refractivity contribution is 1.35. The fourth-order valence-electron chi connectivity index (χ4n) is 0.493. The Kier molecular flexibility index (Phi) is 1.63. The summed E-state index contributed by atoms with van der Waals surface area (Å²) < 4.78 is 0.931. The van der Waals surface area contributed by atoms with Gasteiger partial charge in [0.25, 0.3) is 0 Å². The van der Waals surface area contributed by atoms with E-state index in [0.717, 1.165) is 10.2 Å². The summed E-state index contributed by atoms with van der Waals surface area (Å²) in [6, 6.07) is 1.93. The third-order valence-corrected chi connectivity index (χ3v) is 1.74. The van der Waals surface area contributed by atoms with Crippen LogP contribution in [-0.4, -0.2) is 4.98 Å². The summed E-state index contributed by atoms with van der Waals surface area (Å²) in [5.41, 5.74) is 1.07. The molecule has 8 heavy (non-hydrogen) atoms. The van der Waals surface area contributed by atoms with E-state index in [1.165, 1.54) is 0 Å². The normalized spacial score (nSPS) is 9.88. The number of hydrogen-bond donors (Lipinski definition) is 1. The first-order valence-electron chi connectivity index (χ1n) is 2.21. The zero-order valence-electron chi connectivity index (χ0n) is 4.33. The highest BCUT2D eigenvalue weighted by molar-refractivity contribution is 9.10. The van der Waals surface area contributed by atoms with Gasteiger partial charge in [-0.3, -0.25) is 0 Å². The van der Waals surface area contributed by atoms with Gasteiger partial charge in [0, 0.05) is 0 Å². The van der Waals surface area contributed by atoms with Crippen molar-refractivity contribution in [3.05, 3.63) is 21.4 Å². The van der Waals surface area contributed by atoms with E-state index in [1.807, 2.05) is 13.0 Å². The highest BCUT2D eigenvalue weighted by Gasteiger charge is 1.95. The van der Waals surface area contributed by atoms with E-state index in [1.54, 1.807) is 0 Å². The minimum Gasteiger partial charge on any atom is -0.340 e. The van der Waals surface area contributed by atoms with E-state index in [-0.39, 0.29) is 0 Å². The molecule has 0 unspecified atom stereocenters. The third kappa shape index (κ3) is 1.06. The molecule has 0 aromatic carbocycles. The largest absolute Gasteiger partial charge is 0.340 e. The summed E-state index contributed by atoms with van der Waals surface area (Å²) in [4.78, 5) is 2.89. The Morgan fingerprint density at radius 1 is 1.75 bits per heavy atom. The van der Waals surface area contributed by atoms with E-state index in [4.69, 9.17) is 11.6 Å². The first-order valence-corrected chi connectivity index (χ1v) is 3.38. The first kappa shape index (κ1) is 6.17. The number of H-pyrrole nitrogens is 1. The number of nitrogens with one attached hydrogen (secondary N) is 1. The Hall–Kier alpha value is 0.0500. The van der Waals surface area contributed by atoms with Crippen molar-refractivity contribution < 1.29 is 0 Å². The maximum atomic E-state index is 5.64. The van der Waals surface area contributed by atoms with Crippen LogP contribution in [0.25, 0.3) is 0 Å². The number of hydrogen-bond acceptors (Lipinski definition) is 0. The van der Waals surface area contributed by atoms with Crippen molar-refractivity contribution in [2.75, 3.05) is 0 Å². The average molecular weight is 194 g/mol. The second kappa shape index (κ2) is 2.11. The Bertz CT molecular complexity index is 175. The van der Waals surface area contributed by atoms with Gasteiger partial charge in [0.15, 0.2) is 0 Å². The van der Waals surface area contributed by atoms with E-state index < -0.39 is 0 Å². The number of rotatable bonds is 0. The van der Waals surface area contributed by atoms with E-state index >= 15 is 0 Å². The van der Waals surface area contributed by atoms with Crippen LogP contribution < -0.4 is 0 Å². The molecule has 1 aromatic rings. The van der Waals surface area contributed by atoms with Crippen molar-refractivity contribution in [2.24, 2.45) is 0 Å². The molecular formula is C5H5BrClN. The lowest BCUT2D eigenvalue weighted by Crippen LogP contribution is -1.61. The SMILES string of the molecule is Cc1cc(Br)[nH]c1Cl. The van der Waals surface area contributed by atoms with Crippen molar-refractivity contribution in [1.82, 2.24) is 4.98 Å². The number of aromatic nitrogens is 1. The van der Waals surface area contributed by atoms with Gasteiger partial charge in [-0.15, -0.1) is 0 Å². The zero-order valence-corrected chi connectivity index (χ0v) is 6.68. The second-order valence-corrected chi connectivity index (χ2v) is 2.85. The summed E-state index contributed by atoms with van der Waals surface area (Å²) >= 11 is 8.89. The molecule has 0 atom stereocenters. The monoisotopic (exact) mass is 193 g/mol. The quantitative estimate of drug-likeness (QED) is 0.654. The molecule has 0 bridgehead atoms. The minimum atomic E-state index is 0.705. The van der Waals surface area contributed by atoms with Crippen LogP contribution in [0.1, 0.15) is 5.56 Å². The number of aromatic amines is 1. The molecular weight excluding hydrogens is 189 g/mol. The second-order valence-electron chi connectivity index (χ2n) is 1.61. The summed E-state index contributed by atoms with van der Waals surface area (Å²) in [7, 11) is 0. The molecule has 0 saturated heterocycles. The lowest BCUT2D eigenvalue weighted by atomic mass is 10.4. The molecule has 0 amide bonds. The summed E-state index contributed by atoms with van der Waals surface area (Å²) in [5, 5.41) is 0.705. The molecule has 44 valence electrons. The van der Waals surface area contributed by atoms with E-state index in [2.05, 4.69) is 20.9 Å². The molecule has 1 heterocycles. The van der Waals surface area contributed by atoms with Crippen LogP contribution in [0.3, 0.4) is 0 Å². The predicted molar refractivity (Wildman–Crippen MR) is 38.2 cm³/mol. The molecule has 1 nitrogen and oxygen atoms in total. The van der Waals surface area contributed by atoms with Crippen LogP contribution in [0.2, 0.25) is 5.15 Å². The molecule has 0 fully saturated rings. The summed E-state index contributed by atoms with van der Waals surface area (Å²) in [5.74, 6) is 0. The number of halogens is 2. The van der Waals surface area contributed by atoms with Gasteiger partial charge in [-0.1, -0.05) is 11.6 Å². The van der Waals surface area contributed by atoms with Gasteiger partial charge in [0.1, 0.15) is 5.15 Å². The lowest BCUT2D eigenvalue weighted by Gasteiger charge is -1.78. The van der Waals surface area contributed by atoms with Crippen LogP contribution in [0.5, 0.6) is 0 Å². The van der Waals surface area contributed by atoms with Crippen LogP contribution in [0.15, 0.2) is 10.7 Å². The van der Waals surface area contributed by atoms with Crippen molar-refractivity contribution in [1.29, 1.82) is 0 Å². The van der Waals surface area contributed by atoms with Gasteiger partial charge in [-0.25, -0.2) is 0 Å². The molecule has 0 aliphatic heterocycles. The van der Waals surface area contributed by atoms with Gasteiger partial charge in [-0.2, -0.15) is 0 Å². The standard InChI is InChI=1S/C5H5BrClN/c1-3-2-4(6)8-5(3)7/h2,8H,1H3. The van der Waals surface area contributed by atoms with Crippen molar-refractivity contribution >= 4 is 27.5 Å². The van der Waals surface area contributed by atoms with Crippen molar-refractivity contribution in [3.63, 3.8) is 0 Å². The van der Waals surface area contributed by atoms with Gasteiger partial charge in [-0.05, 0) is 34.5 Å². The van der Waals surface area contributed by atoms with Crippen molar-refractivity contribution in [2.45, 2.75) is 6.92 Å². The van der Waals surface area contributed by atoms with E-state index in [9.17, 15) is 0 Å². The first-order chi connectivity index (χ1) is 3.70. The average Bonchev–Trinajstić information content (AvgIpc) is 1.85. The fraction of sp³-hybridized carbons (Fsp3) is 0.200. The Morgan fingerprint density at radius 3 is 2.50 bits per heavy atom. The Balaban J connectivity index is 3.14. The highest BCUT2D eigenvalue weighted by atomic mass is 79.9. The van der Waals surface area contributed by atoms with Gasteiger partial charge >= 0.3 is 0 Å². The third-order valence-electron chi connectivity index (χ3n) is 0.919. The maximum Gasteiger partial charge on any atom is 0.110 e. The van der Waals surface area contributed by atoms with Crippen LogP contribution in [-0.2, 0) is 0 Å². The molecule has 0 aliphatic carbocycles. The Labute approximate surface area is 61.2 Å². The smallest absolute Gasteiger partial charge is 0.110 e. The van der Waals surface area contributed by atoms with Crippen LogP contribution in [0, 0.1) is 6.92 Å². The van der Waals surface area contributed by atoms with Gasteiger partial charge < -0.3 is 4.98 Å². The minimum absolute atomic E-state index is 0.705. The van der Waals surface area contributed by atoms with E-state index in [0.29, 0.717) is 5.15 Å². The Morgan fingerprint density at radius 2 is 2.38 bits per heavy atom. The molecule has 0 radical (unpaired) electrons. The van der Waals surface area contributed by atoms with Crippen molar-refractivity contribution in [3.8, 4) is 0 Å². The predicted octanol–water partition coefficient (Wildman–Crippen LogP) is 2.74. The molecule has 0 saturated carbocycles. The molecule has 3 heteroatoms. The van der Waals surface area contributed by atoms with Gasteiger partial charge in [0.05, 0.1) is 4.60 Å². The molecule has 1 aromatic heterocycles. The summed E-state index contributed by atoms with van der Waals surface area (Å²) in [6.07, 6.45) is 0. The van der Waals surface area contributed by atoms with Crippen LogP contribution >= 0.6 is 27.5 Å². The molecule has 1 N–H and O–H groups in total. The highest BCUT2D eigenvalue weighted by Crippen LogP contribution is 2.18.